The molecule has 8 heteroatoms. The third kappa shape index (κ3) is 3.52. The molecule has 1 unspecified atom stereocenters. The van der Waals surface area contributed by atoms with Crippen molar-refractivity contribution in [3.8, 4) is 16.3 Å². The lowest BCUT2D eigenvalue weighted by Crippen LogP contribution is -2.30. The SMILES string of the molecule is CCOc1ccc(-c2nc(C)c(C(=O)N3CCCC3c3nnc(C)o3)s2)cc1. The van der Waals surface area contributed by atoms with Crippen molar-refractivity contribution in [2.45, 2.75) is 39.7 Å². The zero-order valence-corrected chi connectivity index (χ0v) is 17.0. The van der Waals surface area contributed by atoms with E-state index in [2.05, 4.69) is 15.2 Å². The van der Waals surface area contributed by atoms with Crippen molar-refractivity contribution in [3.63, 3.8) is 0 Å². The smallest absolute Gasteiger partial charge is 0.266 e. The molecule has 0 saturated carbocycles. The van der Waals surface area contributed by atoms with Crippen LogP contribution in [0.15, 0.2) is 28.7 Å². The number of aromatic nitrogens is 3. The van der Waals surface area contributed by atoms with Crippen LogP contribution in [0.25, 0.3) is 10.6 Å². The molecule has 0 bridgehead atoms. The summed E-state index contributed by atoms with van der Waals surface area (Å²) in [4.78, 5) is 20.3. The van der Waals surface area contributed by atoms with Gasteiger partial charge in [0.15, 0.2) is 0 Å². The Hall–Kier alpha value is -2.74. The average Bonchev–Trinajstić information content (AvgIpc) is 3.41. The number of likely N-dealkylation sites (tertiary alicyclic amines) is 1. The fourth-order valence-electron chi connectivity index (χ4n) is 3.42. The van der Waals surface area contributed by atoms with Gasteiger partial charge in [0, 0.05) is 19.0 Å². The van der Waals surface area contributed by atoms with Gasteiger partial charge in [-0.3, -0.25) is 4.79 Å². The van der Waals surface area contributed by atoms with Gasteiger partial charge in [-0.2, -0.15) is 0 Å². The third-order valence-corrected chi connectivity index (χ3v) is 5.94. The van der Waals surface area contributed by atoms with Crippen LogP contribution in [-0.4, -0.2) is 39.1 Å². The quantitative estimate of drug-likeness (QED) is 0.641. The van der Waals surface area contributed by atoms with Crippen molar-refractivity contribution in [1.29, 1.82) is 0 Å². The minimum atomic E-state index is -0.163. The molecule has 1 saturated heterocycles. The minimum absolute atomic E-state index is 0.0226. The summed E-state index contributed by atoms with van der Waals surface area (Å²) in [5.41, 5.74) is 1.72. The fourth-order valence-corrected chi connectivity index (χ4v) is 4.45. The molecule has 28 heavy (non-hydrogen) atoms. The van der Waals surface area contributed by atoms with Gasteiger partial charge in [-0.05, 0) is 51.0 Å². The summed E-state index contributed by atoms with van der Waals surface area (Å²) in [7, 11) is 0. The number of hydrogen-bond donors (Lipinski definition) is 0. The van der Waals surface area contributed by atoms with Gasteiger partial charge in [-0.15, -0.1) is 21.5 Å². The number of nitrogens with zero attached hydrogens (tertiary/aromatic N) is 4. The third-order valence-electron chi connectivity index (χ3n) is 4.74. The van der Waals surface area contributed by atoms with E-state index in [9.17, 15) is 4.79 Å². The summed E-state index contributed by atoms with van der Waals surface area (Å²) in [6.45, 7) is 6.90. The normalized spacial score (nSPS) is 16.5. The Morgan fingerprint density at radius 1 is 1.29 bits per heavy atom. The number of aryl methyl sites for hydroxylation is 2. The highest BCUT2D eigenvalue weighted by Gasteiger charge is 2.35. The summed E-state index contributed by atoms with van der Waals surface area (Å²) >= 11 is 1.42. The summed E-state index contributed by atoms with van der Waals surface area (Å²) in [5.74, 6) is 1.83. The molecule has 0 aliphatic carbocycles. The predicted octanol–water partition coefficient (Wildman–Crippen LogP) is 4.19. The molecule has 0 radical (unpaired) electrons. The molecule has 1 aliphatic heterocycles. The van der Waals surface area contributed by atoms with Gasteiger partial charge in [0.25, 0.3) is 5.91 Å². The van der Waals surface area contributed by atoms with E-state index in [0.29, 0.717) is 29.8 Å². The summed E-state index contributed by atoms with van der Waals surface area (Å²) in [6, 6.07) is 7.62. The number of rotatable bonds is 5. The van der Waals surface area contributed by atoms with Gasteiger partial charge in [0.2, 0.25) is 11.8 Å². The Kier molecular flexibility index (Phi) is 5.13. The highest BCUT2D eigenvalue weighted by atomic mass is 32.1. The second-order valence-electron chi connectivity index (χ2n) is 6.71. The molecule has 2 aromatic heterocycles. The van der Waals surface area contributed by atoms with Crippen LogP contribution in [0.1, 0.15) is 53.0 Å². The summed E-state index contributed by atoms with van der Waals surface area (Å²) in [6.07, 6.45) is 1.75. The summed E-state index contributed by atoms with van der Waals surface area (Å²) in [5, 5.41) is 8.85. The molecule has 1 atom stereocenters. The van der Waals surface area contributed by atoms with Crippen LogP contribution in [0.2, 0.25) is 0 Å². The molecule has 1 amide bonds. The van der Waals surface area contributed by atoms with Crippen LogP contribution in [0.3, 0.4) is 0 Å². The number of carbonyl (C=O) groups excluding carboxylic acids is 1. The van der Waals surface area contributed by atoms with E-state index in [-0.39, 0.29) is 11.9 Å². The maximum atomic E-state index is 13.2. The molecule has 3 heterocycles. The van der Waals surface area contributed by atoms with Crippen molar-refractivity contribution >= 4 is 17.2 Å². The fraction of sp³-hybridized carbons (Fsp3) is 0.400. The van der Waals surface area contributed by atoms with Crippen molar-refractivity contribution < 1.29 is 13.9 Å². The van der Waals surface area contributed by atoms with Gasteiger partial charge in [-0.1, -0.05) is 0 Å². The first-order valence-corrected chi connectivity index (χ1v) is 10.2. The van der Waals surface area contributed by atoms with Crippen molar-refractivity contribution in [3.05, 3.63) is 46.6 Å². The molecular formula is C20H22N4O3S. The molecule has 1 fully saturated rings. The second-order valence-corrected chi connectivity index (χ2v) is 7.71. The highest BCUT2D eigenvalue weighted by molar-refractivity contribution is 7.17. The van der Waals surface area contributed by atoms with Crippen LogP contribution in [0, 0.1) is 13.8 Å². The van der Waals surface area contributed by atoms with Gasteiger partial charge in [0.1, 0.15) is 21.7 Å². The Morgan fingerprint density at radius 2 is 2.07 bits per heavy atom. The van der Waals surface area contributed by atoms with Gasteiger partial charge < -0.3 is 14.1 Å². The van der Waals surface area contributed by atoms with Crippen LogP contribution in [0.4, 0.5) is 0 Å². The van der Waals surface area contributed by atoms with E-state index in [1.165, 1.54) is 11.3 Å². The zero-order valence-electron chi connectivity index (χ0n) is 16.1. The maximum Gasteiger partial charge on any atom is 0.266 e. The highest BCUT2D eigenvalue weighted by Crippen LogP contribution is 2.35. The van der Waals surface area contributed by atoms with Crippen molar-refractivity contribution in [2.75, 3.05) is 13.2 Å². The van der Waals surface area contributed by atoms with Crippen LogP contribution >= 0.6 is 11.3 Å². The van der Waals surface area contributed by atoms with Crippen LogP contribution in [-0.2, 0) is 0 Å². The molecular weight excluding hydrogens is 376 g/mol. The second kappa shape index (κ2) is 7.71. The maximum absolute atomic E-state index is 13.2. The van der Waals surface area contributed by atoms with Crippen molar-refractivity contribution in [1.82, 2.24) is 20.1 Å². The van der Waals surface area contributed by atoms with Gasteiger partial charge >= 0.3 is 0 Å². The average molecular weight is 398 g/mol. The first-order valence-electron chi connectivity index (χ1n) is 9.38. The largest absolute Gasteiger partial charge is 0.494 e. The molecule has 7 nitrogen and oxygen atoms in total. The standard InChI is InChI=1S/C20H22N4O3S/c1-4-26-15-9-7-14(8-10-15)19-21-12(2)17(28-19)20(25)24-11-5-6-16(24)18-23-22-13(3)27-18/h7-10,16H,4-6,11H2,1-3H3. The number of amides is 1. The molecule has 0 N–H and O–H groups in total. The number of benzene rings is 1. The molecule has 146 valence electrons. The minimum Gasteiger partial charge on any atom is -0.494 e. The Balaban J connectivity index is 1.58. The van der Waals surface area contributed by atoms with Gasteiger partial charge in [0.05, 0.1) is 12.3 Å². The molecule has 3 aromatic rings. The van der Waals surface area contributed by atoms with E-state index in [1.54, 1.807) is 6.92 Å². The first kappa shape index (κ1) is 18.6. The van der Waals surface area contributed by atoms with E-state index in [0.717, 1.165) is 34.9 Å². The molecule has 4 rings (SSSR count). The predicted molar refractivity (Wildman–Crippen MR) is 106 cm³/mol. The Labute approximate surface area is 167 Å². The van der Waals surface area contributed by atoms with Crippen LogP contribution < -0.4 is 4.74 Å². The van der Waals surface area contributed by atoms with E-state index >= 15 is 0 Å². The first-order chi connectivity index (χ1) is 13.6. The Morgan fingerprint density at radius 3 is 2.75 bits per heavy atom. The molecule has 1 aromatic carbocycles. The van der Waals surface area contributed by atoms with Gasteiger partial charge in [-0.25, -0.2) is 4.98 Å². The number of ether oxygens (including phenoxy) is 1. The topological polar surface area (TPSA) is 81.4 Å². The number of carbonyl (C=O) groups is 1. The number of hydrogen-bond acceptors (Lipinski definition) is 7. The lowest BCUT2D eigenvalue weighted by molar-refractivity contribution is 0.0718. The Bertz CT molecular complexity index is 980. The van der Waals surface area contributed by atoms with E-state index in [1.807, 2.05) is 43.0 Å². The van der Waals surface area contributed by atoms with Crippen molar-refractivity contribution in [2.24, 2.45) is 0 Å². The number of thiazole rings is 1. The van der Waals surface area contributed by atoms with Crippen LogP contribution in [0.5, 0.6) is 5.75 Å². The summed E-state index contributed by atoms with van der Waals surface area (Å²) < 4.78 is 11.1. The van der Waals surface area contributed by atoms with E-state index in [4.69, 9.17) is 9.15 Å². The molecule has 0 spiro atoms. The lowest BCUT2D eigenvalue weighted by atomic mass is 10.2. The molecule has 1 aliphatic rings. The lowest BCUT2D eigenvalue weighted by Gasteiger charge is -2.21. The monoisotopic (exact) mass is 398 g/mol. The van der Waals surface area contributed by atoms with E-state index < -0.39 is 0 Å². The zero-order chi connectivity index (χ0) is 19.7.